The number of pyridine rings is 1. The van der Waals surface area contributed by atoms with E-state index in [0.29, 0.717) is 16.7 Å². The molecule has 0 aliphatic carbocycles. The number of hydrogen-bond donors (Lipinski definition) is 3. The molecule has 1 amide bonds. The van der Waals surface area contributed by atoms with E-state index in [0.717, 1.165) is 17.3 Å². The third-order valence-corrected chi connectivity index (χ3v) is 4.66. The van der Waals surface area contributed by atoms with Crippen LogP contribution in [0.5, 0.6) is 0 Å². The van der Waals surface area contributed by atoms with Gasteiger partial charge in [0.25, 0.3) is 5.91 Å². The van der Waals surface area contributed by atoms with Crippen molar-refractivity contribution in [2.24, 2.45) is 5.73 Å². The van der Waals surface area contributed by atoms with E-state index < -0.39 is 18.0 Å². The fraction of sp³-hybridized carbons (Fsp3) is 0.111. The lowest BCUT2D eigenvalue weighted by Crippen LogP contribution is -2.14. The Morgan fingerprint density at radius 1 is 1.29 bits per heavy atom. The second-order valence-corrected chi connectivity index (χ2v) is 7.04. The second kappa shape index (κ2) is 13.6. The lowest BCUT2D eigenvalue weighted by molar-refractivity contribution is -0.0539. The van der Waals surface area contributed by atoms with Gasteiger partial charge in [0.15, 0.2) is 12.1 Å². The number of carbonyl (C=O) groups excluding carboxylic acids is 1. The molecule has 6 nitrogen and oxygen atoms in total. The minimum atomic E-state index is -1.11. The molecule has 176 valence electrons. The Kier molecular flexibility index (Phi) is 10.5. The fourth-order valence-electron chi connectivity index (χ4n) is 2.85. The number of aromatic nitrogens is 1. The monoisotopic (exact) mass is 461 g/mol. The van der Waals surface area contributed by atoms with Crippen LogP contribution in [0.1, 0.15) is 21.5 Å². The molecule has 1 unspecified atom stereocenters. The molecule has 0 aliphatic heterocycles. The van der Waals surface area contributed by atoms with E-state index in [1.54, 1.807) is 54.7 Å². The number of allylic oxidation sites excluding steroid dienone is 6. The van der Waals surface area contributed by atoms with E-state index in [2.05, 4.69) is 30.0 Å². The Bertz CT molecular complexity index is 1140. The van der Waals surface area contributed by atoms with Crippen LogP contribution in [-0.2, 0) is 11.3 Å². The number of amides is 1. The molecule has 1 atom stereocenters. The van der Waals surface area contributed by atoms with E-state index in [4.69, 9.17) is 10.5 Å². The number of carbonyl (C=O) groups is 1. The number of benzene rings is 1. The molecular formula is C27H28FN3O3. The normalized spacial score (nSPS) is 12.6. The van der Waals surface area contributed by atoms with Crippen molar-refractivity contribution in [3.05, 3.63) is 127 Å². The van der Waals surface area contributed by atoms with Gasteiger partial charge < -0.3 is 20.9 Å². The first-order chi connectivity index (χ1) is 16.4. The quantitative estimate of drug-likeness (QED) is 0.315. The van der Waals surface area contributed by atoms with Crippen LogP contribution in [-0.4, -0.2) is 28.9 Å². The van der Waals surface area contributed by atoms with E-state index in [1.165, 1.54) is 18.3 Å². The number of hydrogen-bond acceptors (Lipinski definition) is 5. The van der Waals surface area contributed by atoms with Gasteiger partial charge in [-0.05, 0) is 46.5 Å². The minimum Gasteiger partial charge on any atom is -0.365 e. The summed E-state index contributed by atoms with van der Waals surface area (Å²) in [6, 6.07) is 6.37. The molecule has 1 aromatic heterocycles. The van der Waals surface area contributed by atoms with Gasteiger partial charge in [-0.15, -0.1) is 0 Å². The zero-order valence-corrected chi connectivity index (χ0v) is 18.8. The lowest BCUT2D eigenvalue weighted by atomic mass is 9.97. The van der Waals surface area contributed by atoms with Gasteiger partial charge >= 0.3 is 0 Å². The SMILES string of the molecule is C=C/C=C(\C=C)COC(O)/C=C/C=C\C(=C)c1cc(C(=O)Nc2ccncc2F)ccc1CN. The summed E-state index contributed by atoms with van der Waals surface area (Å²) >= 11 is 0. The van der Waals surface area contributed by atoms with Crippen molar-refractivity contribution in [2.45, 2.75) is 12.8 Å². The minimum absolute atomic E-state index is 0.0364. The van der Waals surface area contributed by atoms with Gasteiger partial charge in [0.1, 0.15) is 0 Å². The number of aliphatic hydroxyl groups is 1. The molecule has 0 spiro atoms. The number of rotatable bonds is 12. The van der Waals surface area contributed by atoms with Crippen LogP contribution in [0.2, 0.25) is 0 Å². The highest BCUT2D eigenvalue weighted by molar-refractivity contribution is 6.05. The number of nitrogens with one attached hydrogen (secondary N) is 1. The van der Waals surface area contributed by atoms with Crippen LogP contribution in [0.3, 0.4) is 0 Å². The standard InChI is InChI=1S/C27H28FN3O3/c1-4-8-20(5-2)18-34-26(32)10-7-6-9-19(3)23-15-21(11-12-22(23)16-29)27(33)31-25-13-14-30-17-24(25)28/h4-15,17,26,32H,1-3,16,18,29H2,(H,30,31,33)/b9-6-,10-7+,20-8+. The predicted molar refractivity (Wildman–Crippen MR) is 134 cm³/mol. The number of halogens is 1. The van der Waals surface area contributed by atoms with E-state index in [1.807, 2.05) is 0 Å². The van der Waals surface area contributed by atoms with Gasteiger partial charge in [0.05, 0.1) is 18.5 Å². The molecule has 0 fully saturated rings. The van der Waals surface area contributed by atoms with E-state index in [-0.39, 0.29) is 18.8 Å². The number of ether oxygens (including phenoxy) is 1. The zero-order valence-electron chi connectivity index (χ0n) is 18.8. The zero-order chi connectivity index (χ0) is 24.9. The topological polar surface area (TPSA) is 97.5 Å². The van der Waals surface area contributed by atoms with Gasteiger partial charge in [-0.1, -0.05) is 62.3 Å². The molecule has 1 heterocycles. The van der Waals surface area contributed by atoms with Crippen molar-refractivity contribution in [3.63, 3.8) is 0 Å². The van der Waals surface area contributed by atoms with Crippen molar-refractivity contribution in [1.82, 2.24) is 4.98 Å². The maximum Gasteiger partial charge on any atom is 0.255 e. The Balaban J connectivity index is 2.07. The molecule has 0 bridgehead atoms. The maximum absolute atomic E-state index is 13.8. The van der Waals surface area contributed by atoms with Crippen molar-refractivity contribution in [3.8, 4) is 0 Å². The summed E-state index contributed by atoms with van der Waals surface area (Å²) in [5.74, 6) is -1.10. The van der Waals surface area contributed by atoms with Crippen molar-refractivity contribution < 1.29 is 19.0 Å². The Labute approximate surface area is 199 Å². The largest absolute Gasteiger partial charge is 0.365 e. The van der Waals surface area contributed by atoms with Gasteiger partial charge in [0.2, 0.25) is 0 Å². The molecule has 0 saturated carbocycles. The average Bonchev–Trinajstić information content (AvgIpc) is 2.85. The van der Waals surface area contributed by atoms with Gasteiger partial charge in [-0.3, -0.25) is 9.78 Å². The van der Waals surface area contributed by atoms with E-state index >= 15 is 0 Å². The molecule has 2 rings (SSSR count). The number of nitrogens with two attached hydrogens (primary N) is 1. The van der Waals surface area contributed by atoms with Crippen molar-refractivity contribution in [1.29, 1.82) is 0 Å². The number of nitrogens with zero attached hydrogens (tertiary/aromatic N) is 1. The van der Waals surface area contributed by atoms with Crippen LogP contribution in [0, 0.1) is 5.82 Å². The number of aliphatic hydroxyl groups excluding tert-OH is 1. The molecule has 34 heavy (non-hydrogen) atoms. The second-order valence-electron chi connectivity index (χ2n) is 7.04. The van der Waals surface area contributed by atoms with Gasteiger partial charge in [-0.25, -0.2) is 4.39 Å². The summed E-state index contributed by atoms with van der Waals surface area (Å²) in [5, 5.41) is 12.4. The molecule has 1 aromatic carbocycles. The average molecular weight is 462 g/mol. The maximum atomic E-state index is 13.8. The summed E-state index contributed by atoms with van der Waals surface area (Å²) in [4.78, 5) is 16.3. The van der Waals surface area contributed by atoms with Crippen LogP contribution >= 0.6 is 0 Å². The Morgan fingerprint density at radius 2 is 2.09 bits per heavy atom. The summed E-state index contributed by atoms with van der Waals surface area (Å²) in [6.45, 7) is 11.8. The van der Waals surface area contributed by atoms with Crippen LogP contribution in [0.25, 0.3) is 5.57 Å². The van der Waals surface area contributed by atoms with Crippen LogP contribution in [0.15, 0.2) is 105 Å². The molecule has 4 N–H and O–H groups in total. The third-order valence-electron chi connectivity index (χ3n) is 4.66. The summed E-state index contributed by atoms with van der Waals surface area (Å²) < 4.78 is 19.1. The summed E-state index contributed by atoms with van der Waals surface area (Å²) in [6.07, 6.45) is 12.8. The Hall–Kier alpha value is -3.91. The third kappa shape index (κ3) is 7.90. The number of anilines is 1. The van der Waals surface area contributed by atoms with Gasteiger partial charge in [-0.2, -0.15) is 0 Å². The van der Waals surface area contributed by atoms with Crippen molar-refractivity contribution in [2.75, 3.05) is 11.9 Å². The highest BCUT2D eigenvalue weighted by Crippen LogP contribution is 2.22. The molecule has 0 radical (unpaired) electrons. The van der Waals surface area contributed by atoms with E-state index in [9.17, 15) is 14.3 Å². The molecule has 0 saturated heterocycles. The first kappa shape index (κ1) is 26.3. The molecule has 0 aliphatic rings. The van der Waals surface area contributed by atoms with Crippen LogP contribution < -0.4 is 11.1 Å². The lowest BCUT2D eigenvalue weighted by Gasteiger charge is -2.11. The molecule has 2 aromatic rings. The van der Waals surface area contributed by atoms with Crippen LogP contribution in [0.4, 0.5) is 10.1 Å². The Morgan fingerprint density at radius 3 is 2.76 bits per heavy atom. The first-order valence-electron chi connectivity index (χ1n) is 10.4. The predicted octanol–water partition coefficient (Wildman–Crippen LogP) is 4.69. The highest BCUT2D eigenvalue weighted by Gasteiger charge is 2.12. The summed E-state index contributed by atoms with van der Waals surface area (Å²) in [7, 11) is 0. The fourth-order valence-corrected chi connectivity index (χ4v) is 2.85. The first-order valence-corrected chi connectivity index (χ1v) is 10.4. The van der Waals surface area contributed by atoms with Crippen molar-refractivity contribution >= 4 is 17.2 Å². The molecular weight excluding hydrogens is 433 g/mol. The summed E-state index contributed by atoms with van der Waals surface area (Å²) in [5.41, 5.74) is 9.06. The van der Waals surface area contributed by atoms with Gasteiger partial charge in [0, 0.05) is 18.3 Å². The highest BCUT2D eigenvalue weighted by atomic mass is 19.1. The molecule has 7 heteroatoms. The smallest absolute Gasteiger partial charge is 0.255 e.